The van der Waals surface area contributed by atoms with Crippen LogP contribution in [-0.4, -0.2) is 18.2 Å². The van der Waals surface area contributed by atoms with E-state index in [1.54, 1.807) is 25.3 Å². The number of carboxylic acid groups (broad SMARTS) is 1. The zero-order valence-electron chi connectivity index (χ0n) is 11.7. The summed E-state index contributed by atoms with van der Waals surface area (Å²) in [6.45, 7) is 0.551. The van der Waals surface area contributed by atoms with E-state index in [2.05, 4.69) is 0 Å². The maximum Gasteiger partial charge on any atom is 0.338 e. The minimum absolute atomic E-state index is 0.100. The molecule has 0 aliphatic rings. The zero-order valence-corrected chi connectivity index (χ0v) is 11.7. The molecule has 0 aliphatic heterocycles. The van der Waals surface area contributed by atoms with Crippen LogP contribution in [0.5, 0.6) is 5.75 Å². The van der Waals surface area contributed by atoms with Gasteiger partial charge >= 0.3 is 5.97 Å². The van der Waals surface area contributed by atoms with E-state index in [9.17, 15) is 9.90 Å². The summed E-state index contributed by atoms with van der Waals surface area (Å²) in [6, 6.07) is 12.5. The molecule has 2 rings (SSSR count). The lowest BCUT2D eigenvalue weighted by molar-refractivity contribution is 0.0685. The van der Waals surface area contributed by atoms with Gasteiger partial charge in [0.05, 0.1) is 25.9 Å². The smallest absolute Gasteiger partial charge is 0.338 e. The predicted molar refractivity (Wildman–Crippen MR) is 79.3 cm³/mol. The van der Waals surface area contributed by atoms with Gasteiger partial charge in [-0.25, -0.2) is 4.79 Å². The molecule has 110 valence electrons. The van der Waals surface area contributed by atoms with Crippen LogP contribution in [0.15, 0.2) is 42.5 Å². The van der Waals surface area contributed by atoms with Crippen molar-refractivity contribution in [1.82, 2.24) is 0 Å². The summed E-state index contributed by atoms with van der Waals surface area (Å²) in [7, 11) is 1.60. The van der Waals surface area contributed by atoms with Crippen LogP contribution in [0.3, 0.4) is 0 Å². The first-order valence-electron chi connectivity index (χ1n) is 6.43. The highest BCUT2D eigenvalue weighted by Crippen LogP contribution is 2.19. The van der Waals surface area contributed by atoms with Crippen LogP contribution in [0, 0.1) is 0 Å². The lowest BCUT2D eigenvalue weighted by atomic mass is 10.1. The maximum absolute atomic E-state index is 11.2. The Kier molecular flexibility index (Phi) is 4.79. The number of rotatable bonds is 6. The van der Waals surface area contributed by atoms with Crippen LogP contribution in [0.25, 0.3) is 0 Å². The number of aromatic carboxylic acids is 1. The normalized spacial score (nSPS) is 10.3. The molecule has 2 aromatic rings. The Morgan fingerprint density at radius 3 is 2.67 bits per heavy atom. The molecule has 0 aromatic heterocycles. The third-order valence-corrected chi connectivity index (χ3v) is 3.06. The second kappa shape index (κ2) is 6.76. The zero-order chi connectivity index (χ0) is 15.2. The number of carbonyl (C=O) groups is 1. The summed E-state index contributed by atoms with van der Waals surface area (Å²) in [5, 5.41) is 9.18. The first-order valence-corrected chi connectivity index (χ1v) is 6.43. The molecule has 0 saturated carbocycles. The largest absolute Gasteiger partial charge is 0.497 e. The molecule has 0 heterocycles. The molecule has 0 amide bonds. The van der Waals surface area contributed by atoms with Gasteiger partial charge in [0.2, 0.25) is 0 Å². The van der Waals surface area contributed by atoms with Crippen molar-refractivity contribution in [2.75, 3.05) is 12.8 Å². The predicted octanol–water partition coefficient (Wildman–Crippen LogP) is 2.69. The van der Waals surface area contributed by atoms with Crippen LogP contribution < -0.4 is 10.5 Å². The maximum atomic E-state index is 11.2. The fourth-order valence-electron chi connectivity index (χ4n) is 2.04. The number of ether oxygens (including phenoxy) is 2. The Hall–Kier alpha value is -2.53. The first-order chi connectivity index (χ1) is 10.1. The molecule has 0 radical (unpaired) electrons. The lowest BCUT2D eigenvalue weighted by Gasteiger charge is -2.10. The number of nitrogen functional groups attached to an aromatic ring is 1. The minimum atomic E-state index is -1.05. The lowest BCUT2D eigenvalue weighted by Crippen LogP contribution is -2.08. The van der Waals surface area contributed by atoms with Gasteiger partial charge in [-0.15, -0.1) is 0 Å². The van der Waals surface area contributed by atoms with Crippen molar-refractivity contribution in [3.8, 4) is 5.75 Å². The second-order valence-corrected chi connectivity index (χ2v) is 4.53. The molecule has 5 heteroatoms. The molecule has 0 saturated heterocycles. The van der Waals surface area contributed by atoms with Gasteiger partial charge in [0.1, 0.15) is 5.75 Å². The number of methoxy groups -OCH3 is 1. The number of anilines is 1. The average molecular weight is 287 g/mol. The third kappa shape index (κ3) is 3.73. The summed E-state index contributed by atoms with van der Waals surface area (Å²) in [6.07, 6.45) is 0. The monoisotopic (exact) mass is 287 g/mol. The van der Waals surface area contributed by atoms with Crippen LogP contribution in [0.2, 0.25) is 0 Å². The fraction of sp³-hybridized carbons (Fsp3) is 0.188. The molecule has 0 bridgehead atoms. The van der Waals surface area contributed by atoms with Gasteiger partial charge in [0.25, 0.3) is 0 Å². The van der Waals surface area contributed by atoms with Gasteiger partial charge in [0, 0.05) is 5.69 Å². The van der Waals surface area contributed by atoms with E-state index in [4.69, 9.17) is 15.2 Å². The molecule has 3 N–H and O–H groups in total. The molecule has 5 nitrogen and oxygen atoms in total. The molecule has 0 spiro atoms. The number of carboxylic acids is 1. The van der Waals surface area contributed by atoms with Gasteiger partial charge in [-0.05, 0) is 29.3 Å². The Balaban J connectivity index is 2.03. The van der Waals surface area contributed by atoms with E-state index in [0.29, 0.717) is 12.2 Å². The van der Waals surface area contributed by atoms with Gasteiger partial charge in [-0.2, -0.15) is 0 Å². The summed E-state index contributed by atoms with van der Waals surface area (Å²) < 4.78 is 10.7. The molecule has 2 aromatic carbocycles. The highest BCUT2D eigenvalue weighted by Gasteiger charge is 2.13. The number of hydrogen-bond donors (Lipinski definition) is 2. The highest BCUT2D eigenvalue weighted by atomic mass is 16.5. The van der Waals surface area contributed by atoms with Gasteiger partial charge < -0.3 is 20.3 Å². The van der Waals surface area contributed by atoms with Gasteiger partial charge in [0.15, 0.2) is 0 Å². The van der Waals surface area contributed by atoms with Crippen molar-refractivity contribution >= 4 is 11.7 Å². The topological polar surface area (TPSA) is 81.8 Å². The molecule has 0 atom stereocenters. The first kappa shape index (κ1) is 14.9. The van der Waals surface area contributed by atoms with Crippen LogP contribution in [-0.2, 0) is 18.0 Å². The molecule has 0 fully saturated rings. The van der Waals surface area contributed by atoms with Gasteiger partial charge in [-0.1, -0.05) is 24.3 Å². The molecular formula is C16H17NO4. The Morgan fingerprint density at radius 2 is 1.95 bits per heavy atom. The Bertz CT molecular complexity index is 640. The second-order valence-electron chi connectivity index (χ2n) is 4.53. The quantitative estimate of drug-likeness (QED) is 0.798. The van der Waals surface area contributed by atoms with Crippen molar-refractivity contribution in [1.29, 1.82) is 0 Å². The summed E-state index contributed by atoms with van der Waals surface area (Å²) in [5.74, 6) is -0.292. The molecular weight excluding hydrogens is 270 g/mol. The average Bonchev–Trinajstić information content (AvgIpc) is 2.47. The van der Waals surface area contributed by atoms with Crippen molar-refractivity contribution < 1.29 is 19.4 Å². The molecule has 21 heavy (non-hydrogen) atoms. The third-order valence-electron chi connectivity index (χ3n) is 3.06. The van der Waals surface area contributed by atoms with E-state index in [-0.39, 0.29) is 17.9 Å². The molecule has 0 unspecified atom stereocenters. The van der Waals surface area contributed by atoms with Crippen LogP contribution >= 0.6 is 0 Å². The standard InChI is InChI=1S/C16H17NO4/c1-20-13-6-2-4-11(8-13)9-21-10-12-5-3-7-14(17)15(12)16(18)19/h2-8H,9-10,17H2,1H3,(H,18,19). The van der Waals surface area contributed by atoms with Crippen LogP contribution in [0.1, 0.15) is 21.5 Å². The number of nitrogens with two attached hydrogens (primary N) is 1. The summed E-state index contributed by atoms with van der Waals surface area (Å²) in [4.78, 5) is 11.2. The molecule has 0 aliphatic carbocycles. The fourth-order valence-corrected chi connectivity index (χ4v) is 2.04. The van der Waals surface area contributed by atoms with Crippen molar-refractivity contribution in [3.05, 3.63) is 59.2 Å². The van der Waals surface area contributed by atoms with E-state index < -0.39 is 5.97 Å². The van der Waals surface area contributed by atoms with Crippen molar-refractivity contribution in [3.63, 3.8) is 0 Å². The summed E-state index contributed by atoms with van der Waals surface area (Å²) >= 11 is 0. The van der Waals surface area contributed by atoms with Crippen molar-refractivity contribution in [2.45, 2.75) is 13.2 Å². The summed E-state index contributed by atoms with van der Waals surface area (Å²) in [5.41, 5.74) is 7.55. The van der Waals surface area contributed by atoms with E-state index in [1.165, 1.54) is 0 Å². The highest BCUT2D eigenvalue weighted by molar-refractivity contribution is 5.95. The van der Waals surface area contributed by atoms with E-state index in [0.717, 1.165) is 11.3 Å². The van der Waals surface area contributed by atoms with E-state index >= 15 is 0 Å². The van der Waals surface area contributed by atoms with Crippen molar-refractivity contribution in [2.24, 2.45) is 0 Å². The van der Waals surface area contributed by atoms with E-state index in [1.807, 2.05) is 24.3 Å². The Morgan fingerprint density at radius 1 is 1.19 bits per heavy atom. The number of hydrogen-bond acceptors (Lipinski definition) is 4. The van der Waals surface area contributed by atoms with Crippen LogP contribution in [0.4, 0.5) is 5.69 Å². The SMILES string of the molecule is COc1cccc(COCc2cccc(N)c2C(=O)O)c1. The van der Waals surface area contributed by atoms with Gasteiger partial charge in [-0.3, -0.25) is 0 Å². The minimum Gasteiger partial charge on any atom is -0.497 e. The number of benzene rings is 2. The Labute approximate surface area is 122 Å².